The van der Waals surface area contributed by atoms with Gasteiger partial charge in [0, 0.05) is 39.3 Å². The molecule has 0 amide bonds. The molecule has 1 unspecified atom stereocenters. The fraction of sp³-hybridized carbons (Fsp3) is 0.917. The predicted molar refractivity (Wildman–Crippen MR) is 68.2 cm³/mol. The molecule has 1 aliphatic rings. The summed E-state index contributed by atoms with van der Waals surface area (Å²) in [5.74, 6) is -0.627. The number of aliphatic carboxylic acids is 1. The van der Waals surface area contributed by atoms with Crippen molar-refractivity contribution in [3.8, 4) is 0 Å². The SMILES string of the molecule is CC(C)C(NCCN1CCN(C)CC1)C(=O)O. The third kappa shape index (κ3) is 5.02. The lowest BCUT2D eigenvalue weighted by Crippen LogP contribution is -2.49. The molecule has 1 heterocycles. The van der Waals surface area contributed by atoms with Crippen LogP contribution >= 0.6 is 0 Å². The third-order valence-corrected chi connectivity index (χ3v) is 3.32. The van der Waals surface area contributed by atoms with E-state index in [4.69, 9.17) is 5.11 Å². The molecule has 1 fully saturated rings. The van der Waals surface area contributed by atoms with E-state index in [1.165, 1.54) is 0 Å². The summed E-state index contributed by atoms with van der Waals surface area (Å²) in [6.07, 6.45) is 0. The van der Waals surface area contributed by atoms with Gasteiger partial charge in [-0.05, 0) is 13.0 Å². The number of nitrogens with zero attached hydrogens (tertiary/aromatic N) is 2. The van der Waals surface area contributed by atoms with Crippen molar-refractivity contribution in [2.24, 2.45) is 5.92 Å². The molecule has 1 atom stereocenters. The molecule has 0 spiro atoms. The van der Waals surface area contributed by atoms with Crippen LogP contribution in [-0.4, -0.2) is 73.2 Å². The fourth-order valence-electron chi connectivity index (χ4n) is 2.06. The molecule has 2 N–H and O–H groups in total. The van der Waals surface area contributed by atoms with E-state index in [2.05, 4.69) is 22.2 Å². The Balaban J connectivity index is 2.20. The number of carboxylic acids is 1. The molecule has 5 nitrogen and oxygen atoms in total. The number of carbonyl (C=O) groups is 1. The number of rotatable bonds is 6. The highest BCUT2D eigenvalue weighted by atomic mass is 16.4. The summed E-state index contributed by atoms with van der Waals surface area (Å²) in [6, 6.07) is -0.428. The molecule has 1 saturated heterocycles. The molecule has 0 aromatic heterocycles. The lowest BCUT2D eigenvalue weighted by Gasteiger charge is -2.32. The van der Waals surface area contributed by atoms with E-state index in [0.717, 1.165) is 39.3 Å². The minimum atomic E-state index is -0.752. The Morgan fingerprint density at radius 3 is 2.35 bits per heavy atom. The maximum Gasteiger partial charge on any atom is 0.320 e. The topological polar surface area (TPSA) is 55.8 Å². The third-order valence-electron chi connectivity index (χ3n) is 3.32. The normalized spacial score (nSPS) is 20.7. The number of likely N-dealkylation sites (N-methyl/N-ethyl adjacent to an activating group) is 1. The molecule has 0 saturated carbocycles. The Kier molecular flexibility index (Phi) is 5.88. The number of nitrogens with one attached hydrogen (secondary N) is 1. The molecular formula is C12H25N3O2. The number of piperazine rings is 1. The lowest BCUT2D eigenvalue weighted by atomic mass is 10.1. The number of carboxylic acid groups (broad SMARTS) is 1. The van der Waals surface area contributed by atoms with Gasteiger partial charge >= 0.3 is 5.97 Å². The van der Waals surface area contributed by atoms with Crippen LogP contribution in [0.25, 0.3) is 0 Å². The molecule has 0 aromatic carbocycles. The molecular weight excluding hydrogens is 218 g/mol. The molecule has 1 rings (SSSR count). The van der Waals surface area contributed by atoms with Crippen molar-refractivity contribution in [2.45, 2.75) is 19.9 Å². The smallest absolute Gasteiger partial charge is 0.320 e. The molecule has 100 valence electrons. The summed E-state index contributed by atoms with van der Waals surface area (Å²) in [7, 11) is 2.13. The van der Waals surface area contributed by atoms with Crippen LogP contribution in [0.3, 0.4) is 0 Å². The van der Waals surface area contributed by atoms with Crippen LogP contribution in [0.5, 0.6) is 0 Å². The standard InChI is InChI=1S/C12H25N3O2/c1-10(2)11(12(16)17)13-4-5-15-8-6-14(3)7-9-15/h10-11,13H,4-9H2,1-3H3,(H,16,17). The van der Waals surface area contributed by atoms with Gasteiger partial charge in [0.15, 0.2) is 0 Å². The van der Waals surface area contributed by atoms with Crippen LogP contribution in [-0.2, 0) is 4.79 Å². The van der Waals surface area contributed by atoms with E-state index in [1.807, 2.05) is 13.8 Å². The van der Waals surface area contributed by atoms with E-state index in [-0.39, 0.29) is 5.92 Å². The Hall–Kier alpha value is -0.650. The lowest BCUT2D eigenvalue weighted by molar-refractivity contribution is -0.140. The average molecular weight is 243 g/mol. The highest BCUT2D eigenvalue weighted by Crippen LogP contribution is 2.02. The van der Waals surface area contributed by atoms with Gasteiger partial charge in [0.1, 0.15) is 6.04 Å². The zero-order valence-electron chi connectivity index (χ0n) is 11.1. The second-order valence-corrected chi connectivity index (χ2v) is 5.16. The molecule has 17 heavy (non-hydrogen) atoms. The van der Waals surface area contributed by atoms with Crippen molar-refractivity contribution in [2.75, 3.05) is 46.3 Å². The minimum absolute atomic E-state index is 0.125. The largest absolute Gasteiger partial charge is 0.480 e. The molecule has 0 radical (unpaired) electrons. The summed E-state index contributed by atoms with van der Waals surface area (Å²) in [5, 5.41) is 12.2. The van der Waals surface area contributed by atoms with E-state index >= 15 is 0 Å². The predicted octanol–water partition coefficient (Wildman–Crippen LogP) is -0.0674. The summed E-state index contributed by atoms with van der Waals surface area (Å²) in [4.78, 5) is 15.7. The molecule has 0 bridgehead atoms. The second-order valence-electron chi connectivity index (χ2n) is 5.16. The quantitative estimate of drug-likeness (QED) is 0.684. The number of hydrogen-bond donors (Lipinski definition) is 2. The molecule has 5 heteroatoms. The van der Waals surface area contributed by atoms with Gasteiger partial charge in [0.2, 0.25) is 0 Å². The van der Waals surface area contributed by atoms with E-state index in [9.17, 15) is 4.79 Å². The zero-order chi connectivity index (χ0) is 12.8. The Bertz CT molecular complexity index is 238. The summed E-state index contributed by atoms with van der Waals surface area (Å²) in [5.41, 5.74) is 0. The van der Waals surface area contributed by atoms with Crippen molar-refractivity contribution >= 4 is 5.97 Å². The fourth-order valence-corrected chi connectivity index (χ4v) is 2.06. The Labute approximate surface area is 104 Å². The first-order chi connectivity index (χ1) is 8.00. The van der Waals surface area contributed by atoms with Crippen LogP contribution in [0.4, 0.5) is 0 Å². The van der Waals surface area contributed by atoms with Crippen molar-refractivity contribution < 1.29 is 9.90 Å². The first-order valence-electron chi connectivity index (χ1n) is 6.38. The van der Waals surface area contributed by atoms with Crippen LogP contribution in [0.15, 0.2) is 0 Å². The average Bonchev–Trinajstić information content (AvgIpc) is 2.25. The Morgan fingerprint density at radius 1 is 1.29 bits per heavy atom. The van der Waals surface area contributed by atoms with Gasteiger partial charge in [-0.3, -0.25) is 9.69 Å². The van der Waals surface area contributed by atoms with Crippen LogP contribution < -0.4 is 5.32 Å². The van der Waals surface area contributed by atoms with Crippen molar-refractivity contribution in [3.05, 3.63) is 0 Å². The van der Waals surface area contributed by atoms with Gasteiger partial charge in [0.25, 0.3) is 0 Å². The maximum absolute atomic E-state index is 11.0. The van der Waals surface area contributed by atoms with Crippen LogP contribution in [0.2, 0.25) is 0 Å². The van der Waals surface area contributed by atoms with Crippen molar-refractivity contribution in [1.82, 2.24) is 15.1 Å². The number of hydrogen-bond acceptors (Lipinski definition) is 4. The molecule has 1 aliphatic heterocycles. The van der Waals surface area contributed by atoms with Crippen LogP contribution in [0.1, 0.15) is 13.8 Å². The van der Waals surface area contributed by atoms with E-state index in [1.54, 1.807) is 0 Å². The van der Waals surface area contributed by atoms with Gasteiger partial charge in [0.05, 0.1) is 0 Å². The Morgan fingerprint density at radius 2 is 1.88 bits per heavy atom. The highest BCUT2D eigenvalue weighted by Gasteiger charge is 2.21. The molecule has 0 aromatic rings. The van der Waals surface area contributed by atoms with Crippen LogP contribution in [0, 0.1) is 5.92 Å². The zero-order valence-corrected chi connectivity index (χ0v) is 11.1. The van der Waals surface area contributed by atoms with Gasteiger partial charge in [-0.1, -0.05) is 13.8 Å². The van der Waals surface area contributed by atoms with Gasteiger partial charge in [-0.15, -0.1) is 0 Å². The van der Waals surface area contributed by atoms with E-state index in [0.29, 0.717) is 0 Å². The second kappa shape index (κ2) is 6.93. The monoisotopic (exact) mass is 243 g/mol. The maximum atomic E-state index is 11.0. The van der Waals surface area contributed by atoms with Crippen molar-refractivity contribution in [1.29, 1.82) is 0 Å². The van der Waals surface area contributed by atoms with Gasteiger partial charge in [-0.25, -0.2) is 0 Å². The first kappa shape index (κ1) is 14.4. The minimum Gasteiger partial charge on any atom is -0.480 e. The van der Waals surface area contributed by atoms with E-state index < -0.39 is 12.0 Å². The summed E-state index contributed by atoms with van der Waals surface area (Å²) >= 11 is 0. The summed E-state index contributed by atoms with van der Waals surface area (Å²) < 4.78 is 0. The first-order valence-corrected chi connectivity index (χ1v) is 6.38. The molecule has 0 aliphatic carbocycles. The summed E-state index contributed by atoms with van der Waals surface area (Å²) in [6.45, 7) is 9.92. The van der Waals surface area contributed by atoms with Crippen molar-refractivity contribution in [3.63, 3.8) is 0 Å². The highest BCUT2D eigenvalue weighted by molar-refractivity contribution is 5.73. The van der Waals surface area contributed by atoms with Gasteiger partial charge < -0.3 is 15.3 Å². The van der Waals surface area contributed by atoms with Gasteiger partial charge in [-0.2, -0.15) is 0 Å².